The second kappa shape index (κ2) is 10.5. The molecule has 0 aliphatic heterocycles. The average Bonchev–Trinajstić information content (AvgIpc) is 3.22. The SMILES string of the molecule is CN(Cc1ccccc1)C(=O)NCCC(=O)Nc1cccc(OC2CCCC2)c1. The van der Waals surface area contributed by atoms with Gasteiger partial charge >= 0.3 is 6.03 Å². The number of rotatable bonds is 8. The molecule has 1 aliphatic carbocycles. The van der Waals surface area contributed by atoms with E-state index < -0.39 is 0 Å². The molecule has 3 rings (SSSR count). The average molecular weight is 396 g/mol. The molecule has 0 radical (unpaired) electrons. The third kappa shape index (κ3) is 6.82. The first kappa shape index (κ1) is 20.7. The monoisotopic (exact) mass is 395 g/mol. The number of nitrogens with one attached hydrogen (secondary N) is 2. The first-order valence-corrected chi connectivity index (χ1v) is 10.2. The molecule has 2 N–H and O–H groups in total. The van der Waals surface area contributed by atoms with Crippen molar-refractivity contribution in [2.75, 3.05) is 18.9 Å². The summed E-state index contributed by atoms with van der Waals surface area (Å²) in [6.45, 7) is 0.800. The quantitative estimate of drug-likeness (QED) is 0.704. The van der Waals surface area contributed by atoms with Crippen molar-refractivity contribution in [3.8, 4) is 5.75 Å². The highest BCUT2D eigenvalue weighted by molar-refractivity contribution is 5.91. The van der Waals surface area contributed by atoms with Gasteiger partial charge in [-0.15, -0.1) is 0 Å². The molecule has 0 unspecified atom stereocenters. The number of hydrogen-bond donors (Lipinski definition) is 2. The molecule has 0 atom stereocenters. The maximum absolute atomic E-state index is 12.2. The van der Waals surface area contributed by atoms with E-state index in [9.17, 15) is 9.59 Å². The van der Waals surface area contributed by atoms with Gasteiger partial charge < -0.3 is 20.3 Å². The molecule has 1 aliphatic rings. The smallest absolute Gasteiger partial charge is 0.317 e. The summed E-state index contributed by atoms with van der Waals surface area (Å²) < 4.78 is 5.97. The van der Waals surface area contributed by atoms with Gasteiger partial charge in [0.1, 0.15) is 5.75 Å². The Hall–Kier alpha value is -3.02. The van der Waals surface area contributed by atoms with Crippen molar-refractivity contribution in [1.29, 1.82) is 0 Å². The Labute approximate surface area is 172 Å². The lowest BCUT2D eigenvalue weighted by atomic mass is 10.2. The number of carbonyl (C=O) groups excluding carboxylic acids is 2. The molecular weight excluding hydrogens is 366 g/mol. The Morgan fingerprint density at radius 1 is 1.07 bits per heavy atom. The van der Waals surface area contributed by atoms with Crippen LogP contribution in [-0.2, 0) is 11.3 Å². The van der Waals surface area contributed by atoms with Crippen LogP contribution >= 0.6 is 0 Å². The van der Waals surface area contributed by atoms with Crippen molar-refractivity contribution in [2.24, 2.45) is 0 Å². The molecule has 6 nitrogen and oxygen atoms in total. The zero-order valence-corrected chi connectivity index (χ0v) is 16.9. The van der Waals surface area contributed by atoms with Crippen LogP contribution in [0.1, 0.15) is 37.7 Å². The molecule has 0 saturated heterocycles. The predicted molar refractivity (Wildman–Crippen MR) is 114 cm³/mol. The molecule has 0 aromatic heterocycles. The molecule has 3 amide bonds. The van der Waals surface area contributed by atoms with Gasteiger partial charge in [-0.2, -0.15) is 0 Å². The van der Waals surface area contributed by atoms with Crippen LogP contribution < -0.4 is 15.4 Å². The second-order valence-electron chi connectivity index (χ2n) is 7.42. The van der Waals surface area contributed by atoms with Crippen molar-refractivity contribution in [1.82, 2.24) is 10.2 Å². The molecule has 154 valence electrons. The zero-order chi connectivity index (χ0) is 20.5. The molecule has 0 spiro atoms. The van der Waals surface area contributed by atoms with Gasteiger partial charge in [0.2, 0.25) is 5.91 Å². The van der Waals surface area contributed by atoms with E-state index in [1.807, 2.05) is 54.6 Å². The van der Waals surface area contributed by atoms with Crippen LogP contribution in [0, 0.1) is 0 Å². The minimum absolute atomic E-state index is 0.144. The normalized spacial score (nSPS) is 13.7. The number of anilines is 1. The highest BCUT2D eigenvalue weighted by Gasteiger charge is 2.16. The number of amides is 3. The lowest BCUT2D eigenvalue weighted by molar-refractivity contribution is -0.116. The van der Waals surface area contributed by atoms with Crippen molar-refractivity contribution in [2.45, 2.75) is 44.8 Å². The summed E-state index contributed by atoms with van der Waals surface area (Å²) in [5.41, 5.74) is 1.76. The van der Waals surface area contributed by atoms with Gasteiger partial charge in [0.05, 0.1) is 6.10 Å². The lowest BCUT2D eigenvalue weighted by Crippen LogP contribution is -2.38. The Balaban J connectivity index is 1.38. The van der Waals surface area contributed by atoms with E-state index >= 15 is 0 Å². The summed E-state index contributed by atoms with van der Waals surface area (Å²) in [6, 6.07) is 17.1. The topological polar surface area (TPSA) is 70.7 Å². The van der Waals surface area contributed by atoms with Gasteiger partial charge in [-0.25, -0.2) is 4.79 Å². The molecule has 0 bridgehead atoms. The lowest BCUT2D eigenvalue weighted by Gasteiger charge is -2.18. The summed E-state index contributed by atoms with van der Waals surface area (Å²) in [5, 5.41) is 5.65. The van der Waals surface area contributed by atoms with Gasteiger partial charge in [0.15, 0.2) is 0 Å². The molecule has 2 aromatic rings. The highest BCUT2D eigenvalue weighted by atomic mass is 16.5. The van der Waals surface area contributed by atoms with Crippen LogP contribution in [0.3, 0.4) is 0 Å². The van der Waals surface area contributed by atoms with Crippen LogP contribution in [-0.4, -0.2) is 36.5 Å². The van der Waals surface area contributed by atoms with Crippen molar-refractivity contribution >= 4 is 17.6 Å². The Bertz CT molecular complexity index is 804. The molecular formula is C23H29N3O3. The van der Waals surface area contributed by atoms with E-state index in [0.717, 1.165) is 24.2 Å². The highest BCUT2D eigenvalue weighted by Crippen LogP contribution is 2.25. The molecule has 2 aromatic carbocycles. The van der Waals surface area contributed by atoms with E-state index in [1.165, 1.54) is 12.8 Å². The largest absolute Gasteiger partial charge is 0.490 e. The van der Waals surface area contributed by atoms with Crippen LogP contribution in [0.15, 0.2) is 54.6 Å². The van der Waals surface area contributed by atoms with Crippen molar-refractivity contribution < 1.29 is 14.3 Å². The van der Waals surface area contributed by atoms with Crippen LogP contribution in [0.5, 0.6) is 5.75 Å². The van der Waals surface area contributed by atoms with Crippen LogP contribution in [0.4, 0.5) is 10.5 Å². The van der Waals surface area contributed by atoms with Gasteiger partial charge in [0.25, 0.3) is 0 Å². The Morgan fingerprint density at radius 3 is 2.59 bits per heavy atom. The van der Waals surface area contributed by atoms with Crippen molar-refractivity contribution in [3.63, 3.8) is 0 Å². The third-order valence-electron chi connectivity index (χ3n) is 4.96. The summed E-state index contributed by atoms with van der Waals surface area (Å²) in [4.78, 5) is 26.0. The number of benzene rings is 2. The number of hydrogen-bond acceptors (Lipinski definition) is 3. The van der Waals surface area contributed by atoms with E-state index in [2.05, 4.69) is 10.6 Å². The standard InChI is InChI=1S/C23H29N3O3/c1-26(17-18-8-3-2-4-9-18)23(28)24-15-14-22(27)25-19-10-7-13-21(16-19)29-20-11-5-6-12-20/h2-4,7-10,13,16,20H,5-6,11-12,14-15,17H2,1H3,(H,24,28)(H,25,27). The summed E-state index contributed by atoms with van der Waals surface area (Å²) in [6.07, 6.45) is 5.10. The molecule has 0 heterocycles. The molecule has 1 saturated carbocycles. The number of nitrogens with zero attached hydrogens (tertiary/aromatic N) is 1. The maximum atomic E-state index is 12.2. The molecule has 1 fully saturated rings. The second-order valence-corrected chi connectivity index (χ2v) is 7.42. The van der Waals surface area contributed by atoms with E-state index in [-0.39, 0.29) is 31.0 Å². The fourth-order valence-corrected chi connectivity index (χ4v) is 3.42. The Morgan fingerprint density at radius 2 is 1.83 bits per heavy atom. The van der Waals surface area contributed by atoms with E-state index in [4.69, 9.17) is 4.74 Å². The minimum Gasteiger partial charge on any atom is -0.490 e. The first-order valence-electron chi connectivity index (χ1n) is 10.2. The minimum atomic E-state index is -0.200. The number of ether oxygens (including phenoxy) is 1. The maximum Gasteiger partial charge on any atom is 0.317 e. The fourth-order valence-electron chi connectivity index (χ4n) is 3.42. The summed E-state index contributed by atoms with van der Waals surface area (Å²) in [5.74, 6) is 0.638. The fraction of sp³-hybridized carbons (Fsp3) is 0.391. The van der Waals surface area contributed by atoms with Crippen LogP contribution in [0.2, 0.25) is 0 Å². The number of urea groups is 1. The van der Waals surface area contributed by atoms with Crippen molar-refractivity contribution in [3.05, 3.63) is 60.2 Å². The molecule has 29 heavy (non-hydrogen) atoms. The zero-order valence-electron chi connectivity index (χ0n) is 16.9. The van der Waals surface area contributed by atoms with Gasteiger partial charge in [-0.05, 0) is 43.4 Å². The van der Waals surface area contributed by atoms with Gasteiger partial charge in [-0.1, -0.05) is 36.4 Å². The van der Waals surface area contributed by atoms with E-state index in [1.54, 1.807) is 11.9 Å². The summed E-state index contributed by atoms with van der Waals surface area (Å²) >= 11 is 0. The van der Waals surface area contributed by atoms with Gasteiger partial charge in [-0.3, -0.25) is 4.79 Å². The van der Waals surface area contributed by atoms with E-state index in [0.29, 0.717) is 12.2 Å². The number of carbonyl (C=O) groups is 2. The van der Waals surface area contributed by atoms with Crippen LogP contribution in [0.25, 0.3) is 0 Å². The van der Waals surface area contributed by atoms with Gasteiger partial charge in [0, 0.05) is 38.3 Å². The Kier molecular flexibility index (Phi) is 7.50. The summed E-state index contributed by atoms with van der Waals surface area (Å²) in [7, 11) is 1.73. The predicted octanol–water partition coefficient (Wildman–Crippen LogP) is 4.18. The first-order chi connectivity index (χ1) is 14.1. The molecule has 6 heteroatoms. The third-order valence-corrected chi connectivity index (χ3v) is 4.96.